The van der Waals surface area contributed by atoms with Crippen molar-refractivity contribution in [3.8, 4) is 6.19 Å². The van der Waals surface area contributed by atoms with Gasteiger partial charge in [-0.2, -0.15) is 5.26 Å². The highest BCUT2D eigenvalue weighted by molar-refractivity contribution is 7.19. The molecule has 0 aromatic carbocycles. The predicted octanol–water partition coefficient (Wildman–Crippen LogP) is 0.510. The molecular weight excluding hydrogens is 240 g/mol. The molecule has 0 aliphatic carbocycles. The number of hydrazine groups is 1. The maximum atomic E-state index is 8.43. The van der Waals surface area contributed by atoms with Crippen LogP contribution in [0.15, 0.2) is 11.2 Å². The second-order valence-electron chi connectivity index (χ2n) is 2.08. The summed E-state index contributed by atoms with van der Waals surface area (Å²) >= 11 is 6.80. The summed E-state index contributed by atoms with van der Waals surface area (Å²) in [4.78, 5) is 12.3. The van der Waals surface area contributed by atoms with Gasteiger partial charge in [0.05, 0.1) is 13.3 Å². The summed E-state index contributed by atoms with van der Waals surface area (Å²) in [5.41, 5.74) is 4.83. The Morgan fingerprint density at radius 3 is 3.13 bits per heavy atom. The van der Waals surface area contributed by atoms with Crippen LogP contribution in [0.2, 0.25) is 4.47 Å². The van der Waals surface area contributed by atoms with Gasteiger partial charge in [0.2, 0.25) is 5.96 Å². The monoisotopic (exact) mass is 246 g/mol. The zero-order chi connectivity index (χ0) is 11.1. The number of thiazole rings is 1. The maximum absolute atomic E-state index is 8.43. The molecule has 0 saturated heterocycles. The lowest BCUT2D eigenvalue weighted by molar-refractivity contribution is 0.0728. The molecule has 1 aromatic heterocycles. The minimum Gasteiger partial charge on any atom is -0.286 e. The number of rotatable bonds is 3. The van der Waals surface area contributed by atoms with E-state index in [2.05, 4.69) is 31.1 Å². The summed E-state index contributed by atoms with van der Waals surface area (Å²) in [5, 5.41) is 11.3. The van der Waals surface area contributed by atoms with E-state index in [1.807, 2.05) is 0 Å². The SMILES string of the molecule is CONNC(=Nc1cnc(Cl)s1)NC#N. The van der Waals surface area contributed by atoms with Gasteiger partial charge in [0, 0.05) is 0 Å². The predicted molar refractivity (Wildman–Crippen MR) is 56.2 cm³/mol. The van der Waals surface area contributed by atoms with Crippen molar-refractivity contribution in [3.05, 3.63) is 10.7 Å². The van der Waals surface area contributed by atoms with E-state index in [1.165, 1.54) is 24.6 Å². The minimum atomic E-state index is 0.180. The molecule has 1 rings (SSSR count). The van der Waals surface area contributed by atoms with Crippen molar-refractivity contribution < 1.29 is 4.84 Å². The van der Waals surface area contributed by atoms with Crippen molar-refractivity contribution in [2.75, 3.05) is 7.11 Å². The van der Waals surface area contributed by atoms with Gasteiger partial charge in [-0.25, -0.2) is 9.98 Å². The van der Waals surface area contributed by atoms with Crippen LogP contribution in [0.1, 0.15) is 0 Å². The Morgan fingerprint density at radius 2 is 2.60 bits per heavy atom. The van der Waals surface area contributed by atoms with Crippen LogP contribution in [-0.2, 0) is 4.84 Å². The van der Waals surface area contributed by atoms with Gasteiger partial charge in [0.25, 0.3) is 0 Å². The fourth-order valence-electron chi connectivity index (χ4n) is 0.646. The average molecular weight is 247 g/mol. The molecule has 0 bridgehead atoms. The van der Waals surface area contributed by atoms with Gasteiger partial charge in [-0.1, -0.05) is 22.9 Å². The van der Waals surface area contributed by atoms with E-state index in [-0.39, 0.29) is 5.96 Å². The number of hydrogen-bond donors (Lipinski definition) is 3. The van der Waals surface area contributed by atoms with Gasteiger partial charge >= 0.3 is 0 Å². The first-order valence-electron chi connectivity index (χ1n) is 3.65. The van der Waals surface area contributed by atoms with Crippen molar-refractivity contribution in [1.29, 1.82) is 5.26 Å². The van der Waals surface area contributed by atoms with E-state index in [0.717, 1.165) is 0 Å². The van der Waals surface area contributed by atoms with Gasteiger partial charge in [0.15, 0.2) is 10.7 Å². The summed E-state index contributed by atoms with van der Waals surface area (Å²) in [7, 11) is 1.42. The number of aliphatic imine (C=N–C) groups is 1. The molecule has 3 N–H and O–H groups in total. The van der Waals surface area contributed by atoms with Gasteiger partial charge in [-0.05, 0) is 0 Å². The Labute approximate surface area is 94.7 Å². The molecule has 0 fully saturated rings. The second-order valence-corrected chi connectivity index (χ2v) is 3.67. The van der Waals surface area contributed by atoms with E-state index in [4.69, 9.17) is 16.9 Å². The van der Waals surface area contributed by atoms with Crippen molar-refractivity contribution in [2.24, 2.45) is 4.99 Å². The molecule has 0 atom stereocenters. The highest BCUT2D eigenvalue weighted by Gasteiger charge is 2.00. The Hall–Kier alpha value is -1.40. The first kappa shape index (κ1) is 11.7. The van der Waals surface area contributed by atoms with Crippen molar-refractivity contribution in [1.82, 2.24) is 21.3 Å². The Balaban J connectivity index is 2.70. The van der Waals surface area contributed by atoms with Crippen LogP contribution in [0, 0.1) is 11.5 Å². The average Bonchev–Trinajstić information content (AvgIpc) is 2.61. The largest absolute Gasteiger partial charge is 0.286 e. The van der Waals surface area contributed by atoms with Crippen LogP contribution in [0.25, 0.3) is 0 Å². The van der Waals surface area contributed by atoms with Crippen molar-refractivity contribution in [2.45, 2.75) is 0 Å². The third kappa shape index (κ3) is 4.09. The molecule has 0 saturated carbocycles. The summed E-state index contributed by atoms with van der Waals surface area (Å²) in [6.07, 6.45) is 3.20. The Bertz CT molecular complexity index is 385. The lowest BCUT2D eigenvalue weighted by Gasteiger charge is -2.05. The van der Waals surface area contributed by atoms with E-state index < -0.39 is 0 Å². The molecule has 9 heteroatoms. The van der Waals surface area contributed by atoms with Crippen molar-refractivity contribution >= 4 is 33.9 Å². The standard InChI is InChI=1S/C6H7ClN6OS/c1-14-13-12-6(10-3-8)11-4-2-9-5(7)15-4/h2,13H,1H3,(H2,10,11,12). The number of guanidine groups is 1. The third-order valence-electron chi connectivity index (χ3n) is 1.13. The van der Waals surface area contributed by atoms with Gasteiger partial charge in [-0.3, -0.25) is 15.6 Å². The van der Waals surface area contributed by atoms with Gasteiger partial charge in [-0.15, -0.1) is 5.59 Å². The van der Waals surface area contributed by atoms with Crippen molar-refractivity contribution in [3.63, 3.8) is 0 Å². The number of hydrogen-bond acceptors (Lipinski definition) is 6. The number of aromatic nitrogens is 1. The van der Waals surface area contributed by atoms with Crippen LogP contribution >= 0.6 is 22.9 Å². The smallest absolute Gasteiger partial charge is 0.227 e. The molecule has 0 aliphatic heterocycles. The first-order valence-corrected chi connectivity index (χ1v) is 4.85. The molecule has 1 heterocycles. The highest BCUT2D eigenvalue weighted by Crippen LogP contribution is 2.25. The summed E-state index contributed by atoms with van der Waals surface area (Å²) in [6.45, 7) is 0. The molecule has 0 spiro atoms. The van der Waals surface area contributed by atoms with Gasteiger partial charge in [0.1, 0.15) is 5.00 Å². The lowest BCUT2D eigenvalue weighted by Crippen LogP contribution is -2.43. The zero-order valence-corrected chi connectivity index (χ0v) is 9.19. The number of halogens is 1. The fraction of sp³-hybridized carbons (Fsp3) is 0.167. The molecule has 7 nitrogen and oxygen atoms in total. The summed E-state index contributed by atoms with van der Waals surface area (Å²) < 4.78 is 0.379. The van der Waals surface area contributed by atoms with Crippen LogP contribution in [-0.4, -0.2) is 18.1 Å². The van der Waals surface area contributed by atoms with E-state index in [1.54, 1.807) is 6.19 Å². The number of nitrogens with one attached hydrogen (secondary N) is 3. The molecule has 0 radical (unpaired) electrons. The molecule has 80 valence electrons. The van der Waals surface area contributed by atoms with Gasteiger partial charge < -0.3 is 0 Å². The third-order valence-corrected chi connectivity index (χ3v) is 2.14. The van der Waals surface area contributed by atoms with E-state index in [0.29, 0.717) is 9.47 Å². The highest BCUT2D eigenvalue weighted by atomic mass is 35.5. The number of nitrogens with zero attached hydrogens (tertiary/aromatic N) is 3. The van der Waals surface area contributed by atoms with E-state index >= 15 is 0 Å². The molecule has 0 aliphatic rings. The normalized spacial score (nSPS) is 10.9. The fourth-order valence-corrected chi connectivity index (χ4v) is 1.45. The molecule has 15 heavy (non-hydrogen) atoms. The summed E-state index contributed by atoms with van der Waals surface area (Å²) in [6, 6.07) is 0. The Kier molecular flexibility index (Phi) is 4.79. The summed E-state index contributed by atoms with van der Waals surface area (Å²) in [5.74, 6) is 0.180. The molecule has 0 unspecified atom stereocenters. The van der Waals surface area contributed by atoms with Crippen LogP contribution in [0.3, 0.4) is 0 Å². The molecule has 0 amide bonds. The van der Waals surface area contributed by atoms with E-state index in [9.17, 15) is 0 Å². The topological polar surface area (TPSA) is 94.4 Å². The van der Waals surface area contributed by atoms with Crippen LogP contribution < -0.4 is 16.3 Å². The molecular formula is C6H7ClN6OS. The minimum absolute atomic E-state index is 0.180. The second kappa shape index (κ2) is 6.15. The quantitative estimate of drug-likeness (QED) is 0.237. The maximum Gasteiger partial charge on any atom is 0.227 e. The molecule has 1 aromatic rings. The first-order chi connectivity index (χ1) is 7.26. The zero-order valence-electron chi connectivity index (χ0n) is 7.61. The Morgan fingerprint density at radius 1 is 1.80 bits per heavy atom. The number of nitriles is 1. The lowest BCUT2D eigenvalue weighted by atomic mass is 10.8. The van der Waals surface area contributed by atoms with Crippen LogP contribution in [0.5, 0.6) is 0 Å². The van der Waals surface area contributed by atoms with Crippen LogP contribution in [0.4, 0.5) is 5.00 Å².